The van der Waals surface area contributed by atoms with Crippen LogP contribution in [0.25, 0.3) is 0 Å². The zero-order valence-electron chi connectivity index (χ0n) is 12.9. The number of carbonyl (C=O) groups excluding carboxylic acids is 1. The first-order chi connectivity index (χ1) is 10.6. The van der Waals surface area contributed by atoms with E-state index in [9.17, 15) is 4.79 Å². The lowest BCUT2D eigenvalue weighted by Crippen LogP contribution is -2.37. The molecule has 1 aromatic carbocycles. The van der Waals surface area contributed by atoms with Crippen LogP contribution in [0.4, 0.5) is 5.69 Å². The van der Waals surface area contributed by atoms with E-state index in [1.165, 1.54) is 0 Å². The molecule has 1 rings (SSSR count). The number of aryl methyl sites for hydroxylation is 1. The van der Waals surface area contributed by atoms with E-state index in [2.05, 4.69) is 26.9 Å². The molecule has 0 aromatic heterocycles. The van der Waals surface area contributed by atoms with Crippen molar-refractivity contribution in [2.24, 2.45) is 4.99 Å². The lowest BCUT2D eigenvalue weighted by atomic mass is 10.2. The Labute approximate surface area is 136 Å². The topological polar surface area (TPSA) is 65.5 Å². The van der Waals surface area contributed by atoms with Gasteiger partial charge >= 0.3 is 0 Å². The Hall–Kier alpha value is -2.19. The van der Waals surface area contributed by atoms with Gasteiger partial charge in [0.25, 0.3) is 0 Å². The summed E-state index contributed by atoms with van der Waals surface area (Å²) < 4.78 is 0. The third kappa shape index (κ3) is 6.51. The van der Waals surface area contributed by atoms with Gasteiger partial charge in [-0.2, -0.15) is 0 Å². The van der Waals surface area contributed by atoms with Crippen molar-refractivity contribution in [3.8, 4) is 12.3 Å². The number of halogens is 1. The summed E-state index contributed by atoms with van der Waals surface area (Å²) in [5.41, 5.74) is 1.65. The minimum absolute atomic E-state index is 0.137. The average molecular weight is 321 g/mol. The van der Waals surface area contributed by atoms with Gasteiger partial charge < -0.3 is 16.0 Å². The van der Waals surface area contributed by atoms with Gasteiger partial charge in [0.15, 0.2) is 5.96 Å². The van der Waals surface area contributed by atoms with Crippen LogP contribution in [0, 0.1) is 19.3 Å². The third-order valence-electron chi connectivity index (χ3n) is 2.71. The van der Waals surface area contributed by atoms with Gasteiger partial charge in [0.2, 0.25) is 5.91 Å². The number of anilines is 1. The minimum Gasteiger partial charge on any atom is -0.357 e. The summed E-state index contributed by atoms with van der Waals surface area (Å²) in [6.45, 7) is 5.37. The van der Waals surface area contributed by atoms with Gasteiger partial charge in [0.1, 0.15) is 0 Å². The zero-order chi connectivity index (χ0) is 16.4. The number of nitrogens with one attached hydrogen (secondary N) is 3. The highest BCUT2D eigenvalue weighted by Crippen LogP contribution is 2.22. The number of nitrogens with zero attached hydrogens (tertiary/aromatic N) is 1. The second-order valence-electron chi connectivity index (χ2n) is 4.60. The van der Waals surface area contributed by atoms with Gasteiger partial charge in [-0.25, -0.2) is 0 Å². The molecule has 0 aliphatic heterocycles. The second kappa shape index (κ2) is 9.69. The summed E-state index contributed by atoms with van der Waals surface area (Å²) in [5, 5.41) is 9.31. The molecule has 0 saturated carbocycles. The lowest BCUT2D eigenvalue weighted by Gasteiger charge is -2.09. The molecule has 5 nitrogen and oxygen atoms in total. The first kappa shape index (κ1) is 17.9. The first-order valence-corrected chi connectivity index (χ1v) is 7.46. The van der Waals surface area contributed by atoms with E-state index in [0.717, 1.165) is 12.1 Å². The Morgan fingerprint density at radius 1 is 1.41 bits per heavy atom. The van der Waals surface area contributed by atoms with Crippen LogP contribution < -0.4 is 16.0 Å². The molecular weight excluding hydrogens is 300 g/mol. The van der Waals surface area contributed by atoms with Crippen LogP contribution in [-0.2, 0) is 4.79 Å². The van der Waals surface area contributed by atoms with Crippen LogP contribution in [0.1, 0.15) is 18.9 Å². The molecule has 1 aromatic rings. The molecule has 0 fully saturated rings. The fraction of sp³-hybridized carbons (Fsp3) is 0.375. The van der Waals surface area contributed by atoms with Crippen LogP contribution in [0.5, 0.6) is 0 Å². The first-order valence-electron chi connectivity index (χ1n) is 7.08. The van der Waals surface area contributed by atoms with Crippen LogP contribution in [-0.4, -0.2) is 31.5 Å². The van der Waals surface area contributed by atoms with Crippen molar-refractivity contribution in [3.05, 3.63) is 28.8 Å². The smallest absolute Gasteiger partial charge is 0.226 e. The second-order valence-corrected chi connectivity index (χ2v) is 5.01. The van der Waals surface area contributed by atoms with Crippen LogP contribution >= 0.6 is 11.6 Å². The van der Waals surface area contributed by atoms with Crippen molar-refractivity contribution in [1.82, 2.24) is 10.6 Å². The van der Waals surface area contributed by atoms with Gasteiger partial charge in [0.05, 0.1) is 23.8 Å². The number of aliphatic imine (C=N–C) groups is 1. The largest absolute Gasteiger partial charge is 0.357 e. The van der Waals surface area contributed by atoms with Gasteiger partial charge in [-0.15, -0.1) is 6.42 Å². The standard InChI is InChI=1S/C16H21ClN4O/c1-4-9-19-16(18-5-2)20-10-8-15(22)21-14-7-6-12(3)11-13(14)17/h1,6-7,11H,5,8-10H2,2-3H3,(H,21,22)(H2,18,19,20). The summed E-state index contributed by atoms with van der Waals surface area (Å²) >= 11 is 6.08. The SMILES string of the molecule is C#CCNC(=NCCC(=O)Nc1ccc(C)cc1Cl)NCC. The van der Waals surface area contributed by atoms with Crippen molar-refractivity contribution >= 4 is 29.2 Å². The van der Waals surface area contributed by atoms with Gasteiger partial charge in [-0.3, -0.25) is 9.79 Å². The van der Waals surface area contributed by atoms with Crippen LogP contribution in [0.15, 0.2) is 23.2 Å². The lowest BCUT2D eigenvalue weighted by molar-refractivity contribution is -0.116. The Bertz CT molecular complexity index is 578. The molecule has 0 unspecified atom stereocenters. The molecule has 6 heteroatoms. The van der Waals surface area contributed by atoms with Gasteiger partial charge in [0, 0.05) is 13.0 Å². The fourth-order valence-corrected chi connectivity index (χ4v) is 1.96. The monoisotopic (exact) mass is 320 g/mol. The van der Waals surface area contributed by atoms with Crippen LogP contribution in [0.3, 0.4) is 0 Å². The summed E-state index contributed by atoms with van der Waals surface area (Å²) in [4.78, 5) is 16.2. The van der Waals surface area contributed by atoms with Crippen molar-refractivity contribution < 1.29 is 4.79 Å². The predicted octanol–water partition coefficient (Wildman–Crippen LogP) is 2.17. The van der Waals surface area contributed by atoms with Crippen molar-refractivity contribution in [1.29, 1.82) is 0 Å². The summed E-state index contributed by atoms with van der Waals surface area (Å²) in [5.74, 6) is 2.94. The highest BCUT2D eigenvalue weighted by Gasteiger charge is 2.06. The minimum atomic E-state index is -0.137. The van der Waals surface area contributed by atoms with E-state index in [-0.39, 0.29) is 12.3 Å². The number of terminal acetylenes is 1. The van der Waals surface area contributed by atoms with E-state index < -0.39 is 0 Å². The molecule has 118 valence electrons. The van der Waals surface area contributed by atoms with E-state index in [1.807, 2.05) is 26.0 Å². The van der Waals surface area contributed by atoms with E-state index in [0.29, 0.717) is 29.8 Å². The summed E-state index contributed by atoms with van der Waals surface area (Å²) in [7, 11) is 0. The number of guanidine groups is 1. The fourth-order valence-electron chi connectivity index (χ4n) is 1.68. The van der Waals surface area contributed by atoms with Gasteiger partial charge in [-0.05, 0) is 31.5 Å². The summed E-state index contributed by atoms with van der Waals surface area (Å²) in [6, 6.07) is 5.49. The Kier molecular flexibility index (Phi) is 7.87. The Morgan fingerprint density at radius 3 is 2.82 bits per heavy atom. The maximum absolute atomic E-state index is 11.9. The Balaban J connectivity index is 2.49. The normalized spacial score (nSPS) is 10.7. The summed E-state index contributed by atoms with van der Waals surface area (Å²) in [6.07, 6.45) is 5.45. The highest BCUT2D eigenvalue weighted by molar-refractivity contribution is 6.33. The number of hydrogen-bond donors (Lipinski definition) is 3. The number of benzene rings is 1. The van der Waals surface area contributed by atoms with Gasteiger partial charge in [-0.1, -0.05) is 23.6 Å². The van der Waals surface area contributed by atoms with Crippen LogP contribution in [0.2, 0.25) is 5.02 Å². The molecule has 0 radical (unpaired) electrons. The molecule has 3 N–H and O–H groups in total. The van der Waals surface area contributed by atoms with E-state index >= 15 is 0 Å². The molecule has 0 spiro atoms. The van der Waals surface area contributed by atoms with E-state index in [4.69, 9.17) is 18.0 Å². The molecule has 0 aliphatic rings. The van der Waals surface area contributed by atoms with E-state index in [1.54, 1.807) is 6.07 Å². The molecule has 1 amide bonds. The molecule has 0 saturated heterocycles. The number of hydrogen-bond acceptors (Lipinski definition) is 2. The molecule has 0 bridgehead atoms. The number of amides is 1. The molecule has 0 heterocycles. The molecule has 0 atom stereocenters. The number of rotatable bonds is 6. The third-order valence-corrected chi connectivity index (χ3v) is 3.02. The average Bonchev–Trinajstić information content (AvgIpc) is 2.47. The number of carbonyl (C=O) groups is 1. The Morgan fingerprint density at radius 2 is 2.18 bits per heavy atom. The highest BCUT2D eigenvalue weighted by atomic mass is 35.5. The predicted molar refractivity (Wildman–Crippen MR) is 92.3 cm³/mol. The zero-order valence-corrected chi connectivity index (χ0v) is 13.6. The molecular formula is C16H21ClN4O. The van der Waals surface area contributed by atoms with Crippen molar-refractivity contribution in [2.45, 2.75) is 20.3 Å². The van der Waals surface area contributed by atoms with Crippen molar-refractivity contribution in [2.75, 3.05) is 25.0 Å². The quantitative estimate of drug-likeness (QED) is 0.427. The molecule has 0 aliphatic carbocycles. The molecule has 22 heavy (non-hydrogen) atoms. The maximum Gasteiger partial charge on any atom is 0.226 e. The van der Waals surface area contributed by atoms with Crippen molar-refractivity contribution in [3.63, 3.8) is 0 Å². The maximum atomic E-state index is 11.9.